The lowest BCUT2D eigenvalue weighted by atomic mass is 10.1. The Labute approximate surface area is 56.8 Å². The minimum absolute atomic E-state index is 0.208. The van der Waals surface area contributed by atoms with Gasteiger partial charge in [-0.3, -0.25) is 4.79 Å². The quantitative estimate of drug-likeness (QED) is 0.530. The zero-order chi connectivity index (χ0) is 7.28. The summed E-state index contributed by atoms with van der Waals surface area (Å²) in [4.78, 5) is 10.7. The van der Waals surface area contributed by atoms with Crippen LogP contribution in [0.1, 0.15) is 33.6 Å². The summed E-state index contributed by atoms with van der Waals surface area (Å²) < 4.78 is 0. The largest absolute Gasteiger partial charge is 0.295 e. The Hall–Kier alpha value is -0.590. The summed E-state index contributed by atoms with van der Waals surface area (Å²) in [5.74, 6) is 0.208. The van der Waals surface area contributed by atoms with E-state index in [0.29, 0.717) is 0 Å². The molecule has 0 atom stereocenters. The van der Waals surface area contributed by atoms with Gasteiger partial charge >= 0.3 is 0 Å². The normalized spacial score (nSPS) is 11.7. The molecule has 0 saturated heterocycles. The molecule has 0 amide bonds. The van der Waals surface area contributed by atoms with E-state index >= 15 is 0 Å². The standard InChI is InChI=1S/C8H14O/c1-4-6-8(5-2)7(3)9/h5H,4,6H2,1-3H3/b8-5+. The first-order valence-electron chi connectivity index (χ1n) is 3.38. The van der Waals surface area contributed by atoms with Crippen molar-refractivity contribution < 1.29 is 4.79 Å². The summed E-state index contributed by atoms with van der Waals surface area (Å²) in [6.07, 6.45) is 3.87. The predicted octanol–water partition coefficient (Wildman–Crippen LogP) is 2.32. The lowest BCUT2D eigenvalue weighted by Crippen LogP contribution is -1.94. The molecule has 0 unspecified atom stereocenters. The zero-order valence-corrected chi connectivity index (χ0v) is 6.40. The molecule has 0 heterocycles. The average Bonchev–Trinajstić information content (AvgIpc) is 1.82. The van der Waals surface area contributed by atoms with Crippen molar-refractivity contribution in [2.24, 2.45) is 0 Å². The van der Waals surface area contributed by atoms with Crippen molar-refractivity contribution in [1.29, 1.82) is 0 Å². The second kappa shape index (κ2) is 4.30. The lowest BCUT2D eigenvalue weighted by Gasteiger charge is -1.96. The fraction of sp³-hybridized carbons (Fsp3) is 0.625. The monoisotopic (exact) mass is 126 g/mol. The van der Waals surface area contributed by atoms with Crippen LogP contribution >= 0.6 is 0 Å². The smallest absolute Gasteiger partial charge is 0.155 e. The molecule has 0 saturated carbocycles. The van der Waals surface area contributed by atoms with Crippen LogP contribution in [0.15, 0.2) is 11.6 Å². The fourth-order valence-electron chi connectivity index (χ4n) is 0.793. The van der Waals surface area contributed by atoms with Gasteiger partial charge in [-0.2, -0.15) is 0 Å². The maximum Gasteiger partial charge on any atom is 0.155 e. The highest BCUT2D eigenvalue weighted by molar-refractivity contribution is 5.93. The third-order valence-corrected chi connectivity index (χ3v) is 1.32. The Balaban J connectivity index is 3.85. The van der Waals surface area contributed by atoms with Crippen molar-refractivity contribution in [1.82, 2.24) is 0 Å². The minimum Gasteiger partial charge on any atom is -0.295 e. The number of carbonyl (C=O) groups is 1. The number of allylic oxidation sites excluding steroid dienone is 2. The molecule has 0 aliphatic heterocycles. The second-order valence-electron chi connectivity index (χ2n) is 2.12. The Morgan fingerprint density at radius 3 is 2.22 bits per heavy atom. The van der Waals surface area contributed by atoms with Gasteiger partial charge < -0.3 is 0 Å². The Morgan fingerprint density at radius 2 is 2.11 bits per heavy atom. The Bertz CT molecular complexity index is 123. The summed E-state index contributed by atoms with van der Waals surface area (Å²) >= 11 is 0. The van der Waals surface area contributed by atoms with E-state index in [4.69, 9.17) is 0 Å². The highest BCUT2D eigenvalue weighted by Gasteiger charge is 1.98. The number of hydrogen-bond donors (Lipinski definition) is 0. The first-order chi connectivity index (χ1) is 4.22. The summed E-state index contributed by atoms with van der Waals surface area (Å²) in [6, 6.07) is 0. The molecule has 0 aliphatic rings. The van der Waals surface area contributed by atoms with Crippen molar-refractivity contribution >= 4 is 5.78 Å². The maximum absolute atomic E-state index is 10.7. The molecule has 1 nitrogen and oxygen atoms in total. The van der Waals surface area contributed by atoms with E-state index in [-0.39, 0.29) is 5.78 Å². The molecule has 0 N–H and O–H groups in total. The lowest BCUT2D eigenvalue weighted by molar-refractivity contribution is -0.113. The molecular formula is C8H14O. The number of Topliss-reactive ketones (excluding diaryl/α,β-unsaturated/α-hetero) is 1. The van der Waals surface area contributed by atoms with Gasteiger partial charge in [0.15, 0.2) is 5.78 Å². The number of rotatable bonds is 3. The van der Waals surface area contributed by atoms with Crippen LogP contribution < -0.4 is 0 Å². The summed E-state index contributed by atoms with van der Waals surface area (Å²) in [5, 5.41) is 0. The molecule has 0 fully saturated rings. The van der Waals surface area contributed by atoms with Gasteiger partial charge in [-0.25, -0.2) is 0 Å². The third-order valence-electron chi connectivity index (χ3n) is 1.32. The summed E-state index contributed by atoms with van der Waals surface area (Å²) in [7, 11) is 0. The van der Waals surface area contributed by atoms with E-state index in [9.17, 15) is 4.79 Å². The third kappa shape index (κ3) is 3.07. The first kappa shape index (κ1) is 8.41. The molecule has 1 heteroatoms. The minimum atomic E-state index is 0.208. The summed E-state index contributed by atoms with van der Waals surface area (Å²) in [6.45, 7) is 5.60. The van der Waals surface area contributed by atoms with Crippen LogP contribution in [0, 0.1) is 0 Å². The van der Waals surface area contributed by atoms with Gasteiger partial charge in [0.1, 0.15) is 0 Å². The molecule has 52 valence electrons. The second-order valence-corrected chi connectivity index (χ2v) is 2.12. The molecule has 9 heavy (non-hydrogen) atoms. The average molecular weight is 126 g/mol. The molecule has 0 spiro atoms. The molecule has 0 radical (unpaired) electrons. The molecular weight excluding hydrogens is 112 g/mol. The van der Waals surface area contributed by atoms with Crippen LogP contribution in [0.5, 0.6) is 0 Å². The van der Waals surface area contributed by atoms with Crippen LogP contribution in [-0.4, -0.2) is 5.78 Å². The highest BCUT2D eigenvalue weighted by atomic mass is 16.1. The van der Waals surface area contributed by atoms with Gasteiger partial charge in [-0.15, -0.1) is 0 Å². The van der Waals surface area contributed by atoms with E-state index in [1.807, 2.05) is 13.0 Å². The molecule has 0 rings (SSSR count). The van der Waals surface area contributed by atoms with Crippen LogP contribution in [0.3, 0.4) is 0 Å². The van der Waals surface area contributed by atoms with E-state index < -0.39 is 0 Å². The predicted molar refractivity (Wildman–Crippen MR) is 39.3 cm³/mol. The van der Waals surface area contributed by atoms with Crippen LogP contribution in [0.4, 0.5) is 0 Å². The van der Waals surface area contributed by atoms with E-state index in [0.717, 1.165) is 18.4 Å². The van der Waals surface area contributed by atoms with Gasteiger partial charge in [0.05, 0.1) is 0 Å². The number of carbonyl (C=O) groups excluding carboxylic acids is 1. The number of ketones is 1. The fourth-order valence-corrected chi connectivity index (χ4v) is 0.793. The van der Waals surface area contributed by atoms with Crippen LogP contribution in [0.2, 0.25) is 0 Å². The van der Waals surface area contributed by atoms with Crippen molar-refractivity contribution in [2.75, 3.05) is 0 Å². The zero-order valence-electron chi connectivity index (χ0n) is 6.40. The SMILES string of the molecule is C/C=C(\CCC)C(C)=O. The van der Waals surface area contributed by atoms with Crippen molar-refractivity contribution in [3.63, 3.8) is 0 Å². The highest BCUT2D eigenvalue weighted by Crippen LogP contribution is 2.04. The molecule has 0 aromatic heterocycles. The molecule has 0 aliphatic carbocycles. The van der Waals surface area contributed by atoms with Crippen molar-refractivity contribution in [3.05, 3.63) is 11.6 Å². The Kier molecular flexibility index (Phi) is 4.02. The van der Waals surface area contributed by atoms with Gasteiger partial charge in [-0.1, -0.05) is 19.4 Å². The first-order valence-corrected chi connectivity index (χ1v) is 3.38. The van der Waals surface area contributed by atoms with E-state index in [2.05, 4.69) is 6.92 Å². The van der Waals surface area contributed by atoms with E-state index in [1.165, 1.54) is 0 Å². The maximum atomic E-state index is 10.7. The van der Waals surface area contributed by atoms with Gasteiger partial charge in [0.25, 0.3) is 0 Å². The van der Waals surface area contributed by atoms with E-state index in [1.54, 1.807) is 6.92 Å². The summed E-state index contributed by atoms with van der Waals surface area (Å²) in [5.41, 5.74) is 0.956. The van der Waals surface area contributed by atoms with Gasteiger partial charge in [0, 0.05) is 0 Å². The van der Waals surface area contributed by atoms with Crippen LogP contribution in [-0.2, 0) is 4.79 Å². The number of hydrogen-bond acceptors (Lipinski definition) is 1. The molecule has 0 bridgehead atoms. The Morgan fingerprint density at radius 1 is 1.56 bits per heavy atom. The molecule has 0 aromatic rings. The molecule has 0 aromatic carbocycles. The van der Waals surface area contributed by atoms with Crippen molar-refractivity contribution in [2.45, 2.75) is 33.6 Å². The van der Waals surface area contributed by atoms with Crippen LogP contribution in [0.25, 0.3) is 0 Å². The van der Waals surface area contributed by atoms with Crippen molar-refractivity contribution in [3.8, 4) is 0 Å². The topological polar surface area (TPSA) is 17.1 Å². The van der Waals surface area contributed by atoms with Gasteiger partial charge in [-0.05, 0) is 25.8 Å². The van der Waals surface area contributed by atoms with Gasteiger partial charge in [0.2, 0.25) is 0 Å².